The summed E-state index contributed by atoms with van der Waals surface area (Å²) in [6.45, 7) is 0. The zero-order chi connectivity index (χ0) is 13.5. The molecule has 96 valence electrons. The summed E-state index contributed by atoms with van der Waals surface area (Å²) < 4.78 is 104. The van der Waals surface area contributed by atoms with Gasteiger partial charge < -0.3 is 0 Å². The van der Waals surface area contributed by atoms with Crippen LogP contribution in [0.1, 0.15) is 0 Å². The van der Waals surface area contributed by atoms with Gasteiger partial charge in [-0.3, -0.25) is 0 Å². The van der Waals surface area contributed by atoms with Crippen molar-refractivity contribution in [2.24, 2.45) is 0 Å². The van der Waals surface area contributed by atoms with Gasteiger partial charge in [-0.05, 0) is 0 Å². The van der Waals surface area contributed by atoms with Gasteiger partial charge in [0, 0.05) is 0 Å². The largest absolute Gasteiger partial charge is 3.00 e. The van der Waals surface area contributed by atoms with E-state index >= 15 is 0 Å². The molecule has 19 heteroatoms. The molecule has 0 aliphatic carbocycles. The smallest absolute Gasteiger partial charge is 3.00 e. The maximum Gasteiger partial charge on any atom is 3.00 e. The second kappa shape index (κ2) is 22.2. The molecule has 0 heterocycles. The van der Waals surface area contributed by atoms with Crippen molar-refractivity contribution in [3.8, 4) is 0 Å². The van der Waals surface area contributed by atoms with Gasteiger partial charge in [-0.1, -0.05) is 0 Å². The predicted octanol–water partition coefficient (Wildman–Crippen LogP) is -13.3. The molecule has 0 unspecified atom stereocenters. The second-order valence-corrected chi connectivity index (χ2v) is 9.00. The van der Waals surface area contributed by atoms with E-state index in [9.17, 15) is 0 Å². The van der Waals surface area contributed by atoms with E-state index in [-0.39, 0.29) is 139 Å². The van der Waals surface area contributed by atoms with Crippen LogP contribution in [0.2, 0.25) is 0 Å². The monoisotopic (exact) mass is 719 g/mol. The van der Waals surface area contributed by atoms with Crippen LogP contribution in [0.4, 0.5) is 0 Å². The number of hydrogen-bond donors (Lipinski definition) is 0. The fourth-order valence-corrected chi connectivity index (χ4v) is 0. The van der Waals surface area contributed by atoms with Gasteiger partial charge in [-0.25, -0.2) is 0 Å². The fraction of sp³-hybridized carbons (Fsp3) is 0. The molecule has 0 fully saturated rings. The van der Waals surface area contributed by atoms with Crippen molar-refractivity contribution in [3.63, 3.8) is 0 Å². The summed E-state index contributed by atoms with van der Waals surface area (Å²) in [5.41, 5.74) is 0. The van der Waals surface area contributed by atoms with Gasteiger partial charge in [0.25, 0.3) is 0 Å². The van der Waals surface area contributed by atoms with Gasteiger partial charge in [-0.2, -0.15) is 0 Å². The second-order valence-electron chi connectivity index (χ2n) is 1.34. The third-order valence-corrected chi connectivity index (χ3v) is 0. The summed E-state index contributed by atoms with van der Waals surface area (Å²) in [5, 5.41) is 0. The normalized spacial score (nSPS) is 9.32. The van der Waals surface area contributed by atoms with E-state index in [1.165, 1.54) is 0 Å². The van der Waals surface area contributed by atoms with E-state index < -0.39 is 60.2 Å². The average Bonchev–Trinajstić information content (AvgIpc) is 1.41. The van der Waals surface area contributed by atoms with E-state index in [0.717, 1.165) is 0 Å². The molecular weight excluding hydrogens is 722 g/mol. The molecule has 0 aromatic heterocycles. The molecule has 0 aliphatic rings. The minimum absolute atomic E-state index is 0. The van der Waals surface area contributed by atoms with E-state index in [1.54, 1.807) is 0 Å². The molecule has 0 bridgehead atoms. The molecule has 0 saturated carbocycles. The van der Waals surface area contributed by atoms with Crippen LogP contribution in [0.15, 0.2) is 0 Å². The topological polar surface area (TPSA) is 259 Å². The van der Waals surface area contributed by atoms with Crippen molar-refractivity contribution in [1.82, 2.24) is 0 Å². The van der Waals surface area contributed by atoms with Gasteiger partial charge in [-0.15, -0.1) is 0 Å². The third kappa shape index (κ3) is 314. The summed E-state index contributed by atoms with van der Waals surface area (Å²) in [6.07, 6.45) is 0. The van der Waals surface area contributed by atoms with Crippen molar-refractivity contribution >= 4 is 173 Å². The van der Waals surface area contributed by atoms with Gasteiger partial charge in [0.05, 0.1) is 0 Å². The van der Waals surface area contributed by atoms with Gasteiger partial charge in [0.1, 0.15) is 0 Å². The quantitative estimate of drug-likeness (QED) is 0.211. The Morgan fingerprint density at radius 1 is 0.421 bits per heavy atom. The summed E-state index contributed by atoms with van der Waals surface area (Å²) in [4.78, 5) is 0. The van der Waals surface area contributed by atoms with Crippen LogP contribution in [-0.4, -0.2) is 173 Å². The molecule has 0 aromatic rings. The standard InChI is InChI=1S/3Ca.12O.3Sb.Sc/q3*+2;;;;9*-1;;;;+3. The molecule has 0 saturated heterocycles. The predicted molar refractivity (Wildman–Crippen MR) is 36.6 cm³/mol. The minimum Gasteiger partial charge on any atom is 3.00 e. The van der Waals surface area contributed by atoms with Crippen LogP contribution < -0.4 is 30.5 Å². The van der Waals surface area contributed by atoms with Gasteiger partial charge in [0.15, 0.2) is 0 Å². The molecule has 0 atom stereocenters. The Balaban J connectivity index is -0.0000000206. The molecule has 0 aliphatic heterocycles. The Bertz CT molecular complexity index is 214. The van der Waals surface area contributed by atoms with Crippen LogP contribution in [0.3, 0.4) is 0 Å². The molecule has 0 spiro atoms. The molecule has 0 rings (SSSR count). The average molecular weight is 722 g/mol. The first kappa shape index (κ1) is 44.5. The zero-order valence-corrected chi connectivity index (χ0v) is 25.0. The molecule has 0 N–H and O–H groups in total. The Morgan fingerprint density at radius 2 is 0.421 bits per heavy atom. The van der Waals surface area contributed by atoms with Crippen molar-refractivity contribution in [2.75, 3.05) is 0 Å². The molecule has 0 radical (unpaired) electrons. The number of hydrogen-bond acceptors (Lipinski definition) is 12. The van der Waals surface area contributed by atoms with Crippen LogP contribution >= 0.6 is 0 Å². The van der Waals surface area contributed by atoms with Gasteiger partial charge >= 0.3 is 239 Å². The van der Waals surface area contributed by atoms with Crippen LogP contribution in [0, 0.1) is 0 Å². The SMILES string of the molecule is [Ca+2].[Ca+2].[Ca+2].[O]=[Sb]([O-])([O-])[O-].[O]=[Sb]([O-])([O-])[O-].[O]=[Sb]([O-])([O-])[O-].[Sc+3]. The minimum atomic E-state index is -6.10. The first-order valence-corrected chi connectivity index (χ1v) is 14.7. The molecule has 0 amide bonds. The summed E-state index contributed by atoms with van der Waals surface area (Å²) in [5.74, 6) is 0. The first-order valence-electron chi connectivity index (χ1n) is 2.19. The van der Waals surface area contributed by atoms with Crippen LogP contribution in [0.5, 0.6) is 0 Å². The first-order chi connectivity index (χ1) is 6.00. The fourth-order valence-electron chi connectivity index (χ4n) is 0. The summed E-state index contributed by atoms with van der Waals surface area (Å²) in [7, 11) is 0. The summed E-state index contributed by atoms with van der Waals surface area (Å²) in [6, 6.07) is 0. The van der Waals surface area contributed by atoms with Gasteiger partial charge in [0.2, 0.25) is 0 Å². The Morgan fingerprint density at radius 3 is 0.421 bits per heavy atom. The van der Waals surface area contributed by atoms with E-state index in [0.29, 0.717) is 0 Å². The van der Waals surface area contributed by atoms with Crippen LogP contribution in [-0.2, 0) is 34.9 Å². The Kier molecular flexibility index (Phi) is 52.0. The third-order valence-electron chi connectivity index (χ3n) is 0. The molecular formula is Ca3O12Sb3Sc. The van der Waals surface area contributed by atoms with E-state index in [1.807, 2.05) is 0 Å². The Hall–Kier alpha value is 6.14. The van der Waals surface area contributed by atoms with Crippen LogP contribution in [0.25, 0.3) is 0 Å². The number of rotatable bonds is 0. The molecule has 12 nitrogen and oxygen atoms in total. The van der Waals surface area contributed by atoms with E-state index in [2.05, 4.69) is 0 Å². The molecule has 0 aromatic carbocycles. The zero-order valence-electron chi connectivity index (χ0n) is 8.94. The maximum atomic E-state index is 8.64. The van der Waals surface area contributed by atoms with Crippen molar-refractivity contribution in [2.45, 2.75) is 0 Å². The van der Waals surface area contributed by atoms with Crippen molar-refractivity contribution in [1.29, 1.82) is 0 Å². The van der Waals surface area contributed by atoms with Crippen molar-refractivity contribution < 1.29 is 65.4 Å². The summed E-state index contributed by atoms with van der Waals surface area (Å²) >= 11 is -18.3. The Labute approximate surface area is 232 Å². The van der Waals surface area contributed by atoms with E-state index in [4.69, 9.17) is 39.5 Å². The van der Waals surface area contributed by atoms with Crippen molar-refractivity contribution in [3.05, 3.63) is 0 Å². The molecule has 19 heavy (non-hydrogen) atoms. The maximum absolute atomic E-state index is 8.64.